The zero-order valence-electron chi connectivity index (χ0n) is 10.6. The maximum absolute atomic E-state index is 13.9. The summed E-state index contributed by atoms with van der Waals surface area (Å²) >= 11 is 0. The molecule has 4 heteroatoms. The molecule has 19 heavy (non-hydrogen) atoms. The lowest BCUT2D eigenvalue weighted by Gasteiger charge is -2.06. The van der Waals surface area contributed by atoms with Crippen LogP contribution in [0.1, 0.15) is 11.1 Å². The minimum absolute atomic E-state index is 0.0535. The summed E-state index contributed by atoms with van der Waals surface area (Å²) in [6.07, 6.45) is 3.60. The van der Waals surface area contributed by atoms with E-state index in [9.17, 15) is 9.18 Å². The highest BCUT2D eigenvalue weighted by Crippen LogP contribution is 2.20. The predicted molar refractivity (Wildman–Crippen MR) is 69.6 cm³/mol. The molecule has 0 N–H and O–H groups in total. The lowest BCUT2D eigenvalue weighted by Crippen LogP contribution is -2.08. The van der Waals surface area contributed by atoms with Gasteiger partial charge in [-0.2, -0.15) is 0 Å². The van der Waals surface area contributed by atoms with Crippen molar-refractivity contribution in [1.82, 2.24) is 4.98 Å². The minimum Gasteiger partial charge on any atom is -0.494 e. The number of hydrogen-bond donors (Lipinski definition) is 0. The van der Waals surface area contributed by atoms with Gasteiger partial charge in [0.05, 0.1) is 7.11 Å². The van der Waals surface area contributed by atoms with Gasteiger partial charge >= 0.3 is 0 Å². The summed E-state index contributed by atoms with van der Waals surface area (Å²) in [7, 11) is 1.40. The topological polar surface area (TPSA) is 39.2 Å². The molecule has 0 spiro atoms. The number of halogens is 1. The van der Waals surface area contributed by atoms with Crippen molar-refractivity contribution >= 4 is 5.78 Å². The van der Waals surface area contributed by atoms with Gasteiger partial charge in [-0.25, -0.2) is 4.39 Å². The Morgan fingerprint density at radius 3 is 2.79 bits per heavy atom. The molecule has 2 aromatic rings. The molecule has 3 nitrogen and oxygen atoms in total. The van der Waals surface area contributed by atoms with E-state index in [-0.39, 0.29) is 24.4 Å². The van der Waals surface area contributed by atoms with Crippen molar-refractivity contribution in [2.45, 2.75) is 12.8 Å². The van der Waals surface area contributed by atoms with Crippen molar-refractivity contribution in [2.75, 3.05) is 7.11 Å². The number of carbonyl (C=O) groups is 1. The number of hydrogen-bond acceptors (Lipinski definition) is 3. The fourth-order valence-electron chi connectivity index (χ4n) is 1.86. The van der Waals surface area contributed by atoms with Crippen LogP contribution in [0, 0.1) is 5.82 Å². The summed E-state index contributed by atoms with van der Waals surface area (Å²) in [5.74, 6) is -0.364. The molecule has 0 bridgehead atoms. The minimum atomic E-state index is -0.468. The molecule has 0 saturated carbocycles. The molecular weight excluding hydrogens is 245 g/mol. The number of carbonyl (C=O) groups excluding carboxylic acids is 1. The van der Waals surface area contributed by atoms with Crippen molar-refractivity contribution in [3.05, 3.63) is 59.7 Å². The van der Waals surface area contributed by atoms with Crippen LogP contribution in [0.25, 0.3) is 0 Å². The van der Waals surface area contributed by atoms with Crippen LogP contribution < -0.4 is 4.74 Å². The third kappa shape index (κ3) is 3.37. The van der Waals surface area contributed by atoms with Crippen molar-refractivity contribution < 1.29 is 13.9 Å². The zero-order valence-corrected chi connectivity index (χ0v) is 10.6. The zero-order chi connectivity index (χ0) is 13.7. The average Bonchev–Trinajstić information content (AvgIpc) is 2.42. The fraction of sp³-hybridized carbons (Fsp3) is 0.200. The van der Waals surface area contributed by atoms with Gasteiger partial charge in [0.25, 0.3) is 0 Å². The quantitative estimate of drug-likeness (QED) is 0.828. The van der Waals surface area contributed by atoms with Crippen LogP contribution >= 0.6 is 0 Å². The molecule has 1 aromatic carbocycles. The standard InChI is InChI=1S/C15H14FNO2/c1-19-14-6-2-5-12(15(14)16)9-13(18)8-11-4-3-7-17-10-11/h2-7,10H,8-9H2,1H3. The number of rotatable bonds is 5. The van der Waals surface area contributed by atoms with E-state index in [4.69, 9.17) is 4.74 Å². The number of Topliss-reactive ketones (excluding diaryl/α,β-unsaturated/α-hetero) is 1. The highest BCUT2D eigenvalue weighted by molar-refractivity contribution is 5.83. The number of benzene rings is 1. The predicted octanol–water partition coefficient (Wildman–Crippen LogP) is 2.58. The molecule has 0 aliphatic rings. The molecule has 0 atom stereocenters. The van der Waals surface area contributed by atoms with Gasteiger partial charge in [-0.1, -0.05) is 18.2 Å². The Labute approximate surface area is 111 Å². The van der Waals surface area contributed by atoms with E-state index in [2.05, 4.69) is 4.98 Å². The molecule has 98 valence electrons. The first-order chi connectivity index (χ1) is 9.20. The number of ether oxygens (including phenoxy) is 1. The molecular formula is C15H14FNO2. The molecule has 0 amide bonds. The lowest BCUT2D eigenvalue weighted by molar-refractivity contribution is -0.117. The summed E-state index contributed by atoms with van der Waals surface area (Å²) in [6.45, 7) is 0. The van der Waals surface area contributed by atoms with Gasteiger partial charge in [-0.05, 0) is 23.3 Å². The highest BCUT2D eigenvalue weighted by atomic mass is 19.1. The second-order valence-electron chi connectivity index (χ2n) is 4.19. The number of nitrogens with zero attached hydrogens (tertiary/aromatic N) is 1. The molecule has 1 heterocycles. The Hall–Kier alpha value is -2.23. The molecule has 0 aliphatic carbocycles. The molecule has 0 unspecified atom stereocenters. The average molecular weight is 259 g/mol. The Morgan fingerprint density at radius 1 is 1.26 bits per heavy atom. The fourth-order valence-corrected chi connectivity index (χ4v) is 1.86. The van der Waals surface area contributed by atoms with Crippen molar-refractivity contribution in [2.24, 2.45) is 0 Å². The summed E-state index contributed by atoms with van der Waals surface area (Å²) < 4.78 is 18.8. The van der Waals surface area contributed by atoms with Crippen LogP contribution in [0.2, 0.25) is 0 Å². The smallest absolute Gasteiger partial charge is 0.168 e. The Balaban J connectivity index is 2.07. The first kappa shape index (κ1) is 13.2. The van der Waals surface area contributed by atoms with Crippen LogP contribution in [0.5, 0.6) is 5.75 Å². The van der Waals surface area contributed by atoms with Crippen molar-refractivity contribution in [3.63, 3.8) is 0 Å². The van der Waals surface area contributed by atoms with Gasteiger partial charge in [-0.15, -0.1) is 0 Å². The third-order valence-electron chi connectivity index (χ3n) is 2.77. The van der Waals surface area contributed by atoms with E-state index in [0.717, 1.165) is 5.56 Å². The van der Waals surface area contributed by atoms with Crippen LogP contribution in [0.3, 0.4) is 0 Å². The lowest BCUT2D eigenvalue weighted by atomic mass is 10.0. The highest BCUT2D eigenvalue weighted by Gasteiger charge is 2.12. The van der Waals surface area contributed by atoms with E-state index < -0.39 is 5.82 Å². The van der Waals surface area contributed by atoms with Crippen LogP contribution in [-0.4, -0.2) is 17.9 Å². The number of aromatic nitrogens is 1. The van der Waals surface area contributed by atoms with Crippen LogP contribution in [0.15, 0.2) is 42.7 Å². The number of pyridine rings is 1. The van der Waals surface area contributed by atoms with Gasteiger partial charge in [0.1, 0.15) is 5.78 Å². The van der Waals surface area contributed by atoms with Gasteiger partial charge in [0.2, 0.25) is 0 Å². The van der Waals surface area contributed by atoms with Gasteiger partial charge in [0.15, 0.2) is 11.6 Å². The second kappa shape index (κ2) is 6.09. The first-order valence-corrected chi connectivity index (χ1v) is 5.92. The van der Waals surface area contributed by atoms with E-state index in [1.807, 2.05) is 6.07 Å². The maximum atomic E-state index is 13.9. The molecule has 0 aliphatic heterocycles. The Bertz CT molecular complexity index is 570. The summed E-state index contributed by atoms with van der Waals surface area (Å²) in [5.41, 5.74) is 1.18. The summed E-state index contributed by atoms with van der Waals surface area (Å²) in [6, 6.07) is 8.40. The van der Waals surface area contributed by atoms with Gasteiger partial charge in [-0.3, -0.25) is 9.78 Å². The molecule has 1 aromatic heterocycles. The van der Waals surface area contributed by atoms with Crippen LogP contribution in [0.4, 0.5) is 4.39 Å². The van der Waals surface area contributed by atoms with E-state index in [1.165, 1.54) is 13.2 Å². The largest absolute Gasteiger partial charge is 0.494 e. The Morgan fingerprint density at radius 2 is 2.11 bits per heavy atom. The van der Waals surface area contributed by atoms with Gasteiger partial charge in [0, 0.05) is 25.2 Å². The summed E-state index contributed by atoms with van der Waals surface area (Å²) in [5, 5.41) is 0. The van der Waals surface area contributed by atoms with Crippen LogP contribution in [-0.2, 0) is 17.6 Å². The van der Waals surface area contributed by atoms with E-state index >= 15 is 0 Å². The van der Waals surface area contributed by atoms with Gasteiger partial charge < -0.3 is 4.74 Å². The normalized spacial score (nSPS) is 10.2. The second-order valence-corrected chi connectivity index (χ2v) is 4.19. The monoisotopic (exact) mass is 259 g/mol. The first-order valence-electron chi connectivity index (χ1n) is 5.92. The van der Waals surface area contributed by atoms with E-state index in [0.29, 0.717) is 5.56 Å². The number of methoxy groups -OCH3 is 1. The molecule has 2 rings (SSSR count). The van der Waals surface area contributed by atoms with Crippen molar-refractivity contribution in [3.8, 4) is 5.75 Å². The third-order valence-corrected chi connectivity index (χ3v) is 2.77. The molecule has 0 saturated heterocycles. The van der Waals surface area contributed by atoms with Crippen molar-refractivity contribution in [1.29, 1.82) is 0 Å². The Kier molecular flexibility index (Phi) is 4.23. The van der Waals surface area contributed by atoms with E-state index in [1.54, 1.807) is 30.6 Å². The summed E-state index contributed by atoms with van der Waals surface area (Å²) in [4.78, 5) is 15.8. The molecule has 0 fully saturated rings. The number of ketones is 1. The SMILES string of the molecule is COc1cccc(CC(=O)Cc2cccnc2)c1F. The maximum Gasteiger partial charge on any atom is 0.168 e. The molecule has 0 radical (unpaired) electrons.